The third-order valence-corrected chi connectivity index (χ3v) is 3.89. The largest absolute Gasteiger partial charge is 0.314 e. The van der Waals surface area contributed by atoms with E-state index >= 15 is 0 Å². The fourth-order valence-corrected chi connectivity index (χ4v) is 2.82. The maximum atomic E-state index is 3.59. The maximum Gasteiger partial charge on any atom is 0.00470 e. The Kier molecular flexibility index (Phi) is 5.40. The lowest BCUT2D eigenvalue weighted by molar-refractivity contribution is 0.388. The number of rotatable bonds is 6. The molecule has 0 saturated heterocycles. The third-order valence-electron chi connectivity index (χ3n) is 3.89. The average molecular weight is 247 g/mol. The Morgan fingerprint density at radius 2 is 1.89 bits per heavy atom. The first kappa shape index (κ1) is 15.2. The molecule has 102 valence electrons. The first-order valence-corrected chi connectivity index (χ1v) is 7.18. The molecule has 0 fully saturated rings. The van der Waals surface area contributed by atoms with Crippen molar-refractivity contribution >= 4 is 0 Å². The van der Waals surface area contributed by atoms with Crippen LogP contribution in [-0.2, 0) is 5.41 Å². The van der Waals surface area contributed by atoms with E-state index in [1.807, 2.05) is 0 Å². The molecule has 1 aromatic rings. The van der Waals surface area contributed by atoms with Gasteiger partial charge in [0.1, 0.15) is 0 Å². The molecule has 1 N–H and O–H groups in total. The molecule has 1 unspecified atom stereocenters. The SMILES string of the molecule is CCCNC(C)CC(C)(C)c1cccc(C)c1C. The van der Waals surface area contributed by atoms with Crippen molar-refractivity contribution in [2.24, 2.45) is 0 Å². The molecule has 0 aliphatic rings. The molecule has 0 spiro atoms. The van der Waals surface area contributed by atoms with Crippen LogP contribution in [0.1, 0.15) is 57.2 Å². The molecule has 1 nitrogen and oxygen atoms in total. The van der Waals surface area contributed by atoms with Gasteiger partial charge in [0.15, 0.2) is 0 Å². The predicted molar refractivity (Wildman–Crippen MR) is 81.3 cm³/mol. The van der Waals surface area contributed by atoms with E-state index in [1.54, 1.807) is 0 Å². The third kappa shape index (κ3) is 3.84. The second-order valence-corrected chi connectivity index (χ2v) is 6.19. The van der Waals surface area contributed by atoms with Gasteiger partial charge in [-0.1, -0.05) is 39.0 Å². The fraction of sp³-hybridized carbons (Fsp3) is 0.647. The van der Waals surface area contributed by atoms with E-state index in [0.717, 1.165) is 6.54 Å². The normalized spacial score (nSPS) is 13.7. The summed E-state index contributed by atoms with van der Waals surface area (Å²) in [6.45, 7) is 14.8. The second-order valence-electron chi connectivity index (χ2n) is 6.19. The highest BCUT2D eigenvalue weighted by Crippen LogP contribution is 2.31. The highest BCUT2D eigenvalue weighted by molar-refractivity contribution is 5.37. The standard InChI is InChI=1S/C17H29N/c1-7-11-18-14(3)12-17(5,6)16-10-8-9-13(2)15(16)4/h8-10,14,18H,7,11-12H2,1-6H3. The van der Waals surface area contributed by atoms with Crippen LogP contribution in [-0.4, -0.2) is 12.6 Å². The topological polar surface area (TPSA) is 12.0 Å². The average Bonchev–Trinajstić information content (AvgIpc) is 2.29. The highest BCUT2D eigenvalue weighted by Gasteiger charge is 2.25. The van der Waals surface area contributed by atoms with E-state index in [0.29, 0.717) is 6.04 Å². The van der Waals surface area contributed by atoms with Crippen molar-refractivity contribution < 1.29 is 0 Å². The van der Waals surface area contributed by atoms with Crippen molar-refractivity contribution in [3.63, 3.8) is 0 Å². The lowest BCUT2D eigenvalue weighted by atomic mass is 9.76. The van der Waals surface area contributed by atoms with Crippen LogP contribution in [0.2, 0.25) is 0 Å². The van der Waals surface area contributed by atoms with E-state index in [-0.39, 0.29) is 5.41 Å². The number of nitrogens with one attached hydrogen (secondary N) is 1. The van der Waals surface area contributed by atoms with Crippen LogP contribution >= 0.6 is 0 Å². The van der Waals surface area contributed by atoms with Crippen LogP contribution in [0.3, 0.4) is 0 Å². The van der Waals surface area contributed by atoms with E-state index in [9.17, 15) is 0 Å². The Morgan fingerprint density at radius 1 is 1.22 bits per heavy atom. The van der Waals surface area contributed by atoms with Gasteiger partial charge >= 0.3 is 0 Å². The first-order valence-electron chi connectivity index (χ1n) is 7.18. The first-order chi connectivity index (χ1) is 8.38. The Morgan fingerprint density at radius 3 is 2.50 bits per heavy atom. The molecule has 1 aromatic carbocycles. The Balaban J connectivity index is 2.82. The lowest BCUT2D eigenvalue weighted by Crippen LogP contribution is -2.34. The molecule has 0 saturated carbocycles. The van der Waals surface area contributed by atoms with Crippen molar-refractivity contribution in [3.05, 3.63) is 34.9 Å². The van der Waals surface area contributed by atoms with Crippen molar-refractivity contribution in [2.45, 2.75) is 65.8 Å². The van der Waals surface area contributed by atoms with Gasteiger partial charge in [-0.05, 0) is 62.3 Å². The molecule has 0 amide bonds. The minimum Gasteiger partial charge on any atom is -0.314 e. The van der Waals surface area contributed by atoms with Gasteiger partial charge in [0.05, 0.1) is 0 Å². The molecule has 1 rings (SSSR count). The number of benzene rings is 1. The van der Waals surface area contributed by atoms with Gasteiger partial charge in [-0.2, -0.15) is 0 Å². The molecule has 0 aliphatic heterocycles. The zero-order valence-electron chi connectivity index (χ0n) is 12.9. The fourth-order valence-electron chi connectivity index (χ4n) is 2.82. The van der Waals surface area contributed by atoms with Crippen molar-refractivity contribution in [1.82, 2.24) is 5.32 Å². The van der Waals surface area contributed by atoms with Gasteiger partial charge in [0.25, 0.3) is 0 Å². The zero-order chi connectivity index (χ0) is 13.8. The molecule has 1 heteroatoms. The maximum absolute atomic E-state index is 3.59. The Labute approximate surface area is 113 Å². The summed E-state index contributed by atoms with van der Waals surface area (Å²) in [4.78, 5) is 0. The number of aryl methyl sites for hydroxylation is 1. The summed E-state index contributed by atoms with van der Waals surface area (Å²) in [5.74, 6) is 0. The van der Waals surface area contributed by atoms with Crippen molar-refractivity contribution in [1.29, 1.82) is 0 Å². The Bertz CT molecular complexity index is 379. The van der Waals surface area contributed by atoms with Crippen LogP contribution < -0.4 is 5.32 Å². The summed E-state index contributed by atoms with van der Waals surface area (Å²) < 4.78 is 0. The van der Waals surface area contributed by atoms with Crippen molar-refractivity contribution in [3.8, 4) is 0 Å². The van der Waals surface area contributed by atoms with Gasteiger partial charge in [-0.25, -0.2) is 0 Å². The van der Waals surface area contributed by atoms with Gasteiger partial charge in [-0.3, -0.25) is 0 Å². The summed E-state index contributed by atoms with van der Waals surface area (Å²) >= 11 is 0. The summed E-state index contributed by atoms with van der Waals surface area (Å²) in [6.07, 6.45) is 2.38. The van der Waals surface area contributed by atoms with Gasteiger partial charge < -0.3 is 5.32 Å². The predicted octanol–water partition coefficient (Wildman–Crippen LogP) is 4.36. The molecule has 0 radical (unpaired) electrons. The van der Waals surface area contributed by atoms with Crippen molar-refractivity contribution in [2.75, 3.05) is 6.54 Å². The van der Waals surface area contributed by atoms with Crippen LogP contribution in [0, 0.1) is 13.8 Å². The summed E-state index contributed by atoms with van der Waals surface area (Å²) in [6, 6.07) is 7.24. The lowest BCUT2D eigenvalue weighted by Gasteiger charge is -2.31. The molecule has 0 aliphatic carbocycles. The van der Waals surface area contributed by atoms with E-state index < -0.39 is 0 Å². The number of hydrogen-bond donors (Lipinski definition) is 1. The summed E-state index contributed by atoms with van der Waals surface area (Å²) in [5, 5.41) is 3.59. The minimum atomic E-state index is 0.232. The van der Waals surface area contributed by atoms with Crippen LogP contribution in [0.4, 0.5) is 0 Å². The second kappa shape index (κ2) is 6.38. The molecule has 18 heavy (non-hydrogen) atoms. The molecule has 0 heterocycles. The van der Waals surface area contributed by atoms with Crippen LogP contribution in [0.25, 0.3) is 0 Å². The van der Waals surface area contributed by atoms with E-state index in [1.165, 1.54) is 29.5 Å². The number of hydrogen-bond acceptors (Lipinski definition) is 1. The van der Waals surface area contributed by atoms with Crippen LogP contribution in [0.5, 0.6) is 0 Å². The molecule has 0 aromatic heterocycles. The zero-order valence-corrected chi connectivity index (χ0v) is 12.9. The van der Waals surface area contributed by atoms with E-state index in [4.69, 9.17) is 0 Å². The minimum absolute atomic E-state index is 0.232. The van der Waals surface area contributed by atoms with Crippen LogP contribution in [0.15, 0.2) is 18.2 Å². The summed E-state index contributed by atoms with van der Waals surface area (Å²) in [5.41, 5.74) is 4.57. The monoisotopic (exact) mass is 247 g/mol. The van der Waals surface area contributed by atoms with E-state index in [2.05, 4.69) is 65.1 Å². The molecule has 0 bridgehead atoms. The summed E-state index contributed by atoms with van der Waals surface area (Å²) in [7, 11) is 0. The molecular formula is C17H29N. The van der Waals surface area contributed by atoms with Gasteiger partial charge in [-0.15, -0.1) is 0 Å². The smallest absolute Gasteiger partial charge is 0.00470 e. The Hall–Kier alpha value is -0.820. The quantitative estimate of drug-likeness (QED) is 0.787. The molecular weight excluding hydrogens is 218 g/mol. The van der Waals surface area contributed by atoms with Gasteiger partial charge in [0.2, 0.25) is 0 Å². The highest BCUT2D eigenvalue weighted by atomic mass is 14.9. The molecule has 1 atom stereocenters. The van der Waals surface area contributed by atoms with Gasteiger partial charge in [0, 0.05) is 6.04 Å².